The number of benzene rings is 2. The molecular formula is C33H35Cl2N7O4. The molecule has 1 saturated heterocycles. The van der Waals surface area contributed by atoms with E-state index in [2.05, 4.69) is 38.0 Å². The monoisotopic (exact) mass is 663 g/mol. The van der Waals surface area contributed by atoms with Gasteiger partial charge in [0.15, 0.2) is 0 Å². The lowest BCUT2D eigenvalue weighted by atomic mass is 9.98. The van der Waals surface area contributed by atoms with E-state index in [1.54, 1.807) is 13.0 Å². The highest BCUT2D eigenvalue weighted by Gasteiger charge is 2.21. The third-order valence-electron chi connectivity index (χ3n) is 7.64. The topological polar surface area (TPSA) is 130 Å². The smallest absolute Gasteiger partial charge is 0.323 e. The molecule has 13 heteroatoms. The second-order valence-electron chi connectivity index (χ2n) is 10.9. The molecule has 0 radical (unpaired) electrons. The number of aryl methyl sites for hydroxylation is 1. The summed E-state index contributed by atoms with van der Waals surface area (Å²) in [6.07, 6.45) is 4.50. The van der Waals surface area contributed by atoms with Crippen molar-refractivity contribution in [2.75, 3.05) is 37.4 Å². The first kappa shape index (κ1) is 32.9. The summed E-state index contributed by atoms with van der Waals surface area (Å²) < 4.78 is 7.10. The first-order chi connectivity index (χ1) is 22.1. The lowest BCUT2D eigenvalue weighted by Gasteiger charge is -2.29. The average molecular weight is 665 g/mol. The summed E-state index contributed by atoms with van der Waals surface area (Å²) >= 11 is 12.3. The molecule has 3 N–H and O–H groups in total. The van der Waals surface area contributed by atoms with Gasteiger partial charge in [-0.15, -0.1) is 0 Å². The Morgan fingerprint density at radius 2 is 1.67 bits per heavy atom. The number of aromatic nitrogens is 3. The summed E-state index contributed by atoms with van der Waals surface area (Å²) in [5.74, 6) is 0.442. The normalized spacial score (nSPS) is 13.7. The van der Waals surface area contributed by atoms with Gasteiger partial charge in [0.1, 0.15) is 11.4 Å². The largest absolute Gasteiger partial charge is 0.494 e. The number of likely N-dealkylation sites (tertiary alicyclic amines) is 1. The molecule has 0 unspecified atom stereocenters. The Balaban J connectivity index is 1.44. The molecule has 3 heterocycles. The van der Waals surface area contributed by atoms with Crippen LogP contribution >= 0.6 is 23.2 Å². The van der Waals surface area contributed by atoms with Gasteiger partial charge < -0.3 is 25.6 Å². The summed E-state index contributed by atoms with van der Waals surface area (Å²) in [6, 6.07) is 14.0. The van der Waals surface area contributed by atoms with Gasteiger partial charge in [0.2, 0.25) is 0 Å². The SMILES string of the molecule is CCOc1cc(C(=O)NC2CCN(C)CC2)cc(-c2cccc(-c3cc(NC(=O)Nc4c(Cl)cncc4Cl)c(=O)n(CC)n3)c2)c1. The summed E-state index contributed by atoms with van der Waals surface area (Å²) in [5, 5.41) is 13.2. The van der Waals surface area contributed by atoms with Crippen LogP contribution in [0.5, 0.6) is 5.75 Å². The van der Waals surface area contributed by atoms with Gasteiger partial charge in [-0.25, -0.2) is 9.48 Å². The maximum absolute atomic E-state index is 13.3. The summed E-state index contributed by atoms with van der Waals surface area (Å²) in [5.41, 5.74) is 2.97. The second kappa shape index (κ2) is 14.8. The molecule has 1 fully saturated rings. The first-order valence-corrected chi connectivity index (χ1v) is 15.8. The lowest BCUT2D eigenvalue weighted by molar-refractivity contribution is 0.0916. The van der Waals surface area contributed by atoms with E-state index in [0.29, 0.717) is 29.2 Å². The fourth-order valence-electron chi connectivity index (χ4n) is 5.21. The summed E-state index contributed by atoms with van der Waals surface area (Å²) in [4.78, 5) is 45.4. The van der Waals surface area contributed by atoms with Crippen molar-refractivity contribution in [1.82, 2.24) is 25.0 Å². The predicted molar refractivity (Wildman–Crippen MR) is 181 cm³/mol. The molecule has 0 bridgehead atoms. The third-order valence-corrected chi connectivity index (χ3v) is 8.21. The van der Waals surface area contributed by atoms with Crippen LogP contribution in [0.1, 0.15) is 37.0 Å². The molecule has 1 aliphatic rings. The van der Waals surface area contributed by atoms with Crippen LogP contribution in [0.4, 0.5) is 16.2 Å². The van der Waals surface area contributed by atoms with E-state index < -0.39 is 11.6 Å². The number of urea groups is 1. The van der Waals surface area contributed by atoms with Crippen molar-refractivity contribution in [1.29, 1.82) is 0 Å². The van der Waals surface area contributed by atoms with E-state index in [4.69, 9.17) is 27.9 Å². The number of halogens is 2. The van der Waals surface area contributed by atoms with Crippen molar-refractivity contribution in [3.05, 3.63) is 86.9 Å². The van der Waals surface area contributed by atoms with E-state index in [1.165, 1.54) is 23.1 Å². The lowest BCUT2D eigenvalue weighted by Crippen LogP contribution is -2.43. The van der Waals surface area contributed by atoms with Gasteiger partial charge >= 0.3 is 6.03 Å². The highest BCUT2D eigenvalue weighted by molar-refractivity contribution is 6.39. The highest BCUT2D eigenvalue weighted by Crippen LogP contribution is 2.31. The fraction of sp³-hybridized carbons (Fsp3) is 0.303. The van der Waals surface area contributed by atoms with Crippen molar-refractivity contribution < 1.29 is 14.3 Å². The van der Waals surface area contributed by atoms with Gasteiger partial charge in [-0.05, 0) is 88.3 Å². The predicted octanol–water partition coefficient (Wildman–Crippen LogP) is 6.17. The Kier molecular flexibility index (Phi) is 10.6. The number of carbonyl (C=O) groups is 2. The zero-order valence-electron chi connectivity index (χ0n) is 25.8. The zero-order chi connectivity index (χ0) is 32.8. The molecule has 0 aliphatic carbocycles. The van der Waals surface area contributed by atoms with E-state index in [9.17, 15) is 14.4 Å². The number of piperidine rings is 1. The minimum Gasteiger partial charge on any atom is -0.494 e. The number of ether oxygens (including phenoxy) is 1. The molecule has 0 saturated carbocycles. The van der Waals surface area contributed by atoms with Crippen LogP contribution in [0.15, 0.2) is 65.7 Å². The zero-order valence-corrected chi connectivity index (χ0v) is 27.3. The molecule has 240 valence electrons. The molecule has 1 aliphatic heterocycles. The molecule has 0 spiro atoms. The van der Waals surface area contributed by atoms with Gasteiger partial charge in [-0.1, -0.05) is 41.4 Å². The van der Waals surface area contributed by atoms with Crippen LogP contribution in [-0.2, 0) is 6.54 Å². The van der Waals surface area contributed by atoms with Gasteiger partial charge in [0, 0.05) is 36.1 Å². The van der Waals surface area contributed by atoms with Crippen molar-refractivity contribution in [2.24, 2.45) is 0 Å². The van der Waals surface area contributed by atoms with Crippen LogP contribution in [0.25, 0.3) is 22.4 Å². The number of hydrogen-bond acceptors (Lipinski definition) is 7. The van der Waals surface area contributed by atoms with Crippen LogP contribution in [0.2, 0.25) is 10.0 Å². The van der Waals surface area contributed by atoms with Crippen LogP contribution in [-0.4, -0.2) is 64.4 Å². The minimum atomic E-state index is -0.709. The molecular weight excluding hydrogens is 629 g/mol. The number of hydrogen-bond donors (Lipinski definition) is 3. The Morgan fingerprint density at radius 1 is 0.957 bits per heavy atom. The quantitative estimate of drug-likeness (QED) is 0.195. The molecule has 2 aromatic carbocycles. The van der Waals surface area contributed by atoms with E-state index in [-0.39, 0.29) is 39.9 Å². The van der Waals surface area contributed by atoms with Gasteiger partial charge in [0.25, 0.3) is 11.5 Å². The summed E-state index contributed by atoms with van der Waals surface area (Å²) in [7, 11) is 2.08. The third kappa shape index (κ3) is 7.85. The van der Waals surface area contributed by atoms with Crippen LogP contribution in [0, 0.1) is 0 Å². The number of nitrogens with one attached hydrogen (secondary N) is 3. The fourth-order valence-corrected chi connectivity index (χ4v) is 5.67. The van der Waals surface area contributed by atoms with E-state index in [1.807, 2.05) is 43.3 Å². The number of amides is 3. The maximum atomic E-state index is 13.3. The van der Waals surface area contributed by atoms with Crippen molar-refractivity contribution in [3.63, 3.8) is 0 Å². The molecule has 2 aromatic heterocycles. The Labute approximate surface area is 276 Å². The van der Waals surface area contributed by atoms with E-state index in [0.717, 1.165) is 37.1 Å². The van der Waals surface area contributed by atoms with Gasteiger partial charge in [0.05, 0.1) is 28.0 Å². The Bertz CT molecular complexity index is 1790. The van der Waals surface area contributed by atoms with Crippen LogP contribution < -0.4 is 26.2 Å². The standard InChI is InChI=1S/C33H35Cl2N7O4/c1-4-42-32(44)29(38-33(45)39-30-26(34)18-36-19-27(30)35)17-28(40-42)21-8-6-7-20(13-21)22-14-23(16-25(15-22)46-5-2)31(43)37-24-9-11-41(3)12-10-24/h6-8,13-19,24H,4-5,9-12H2,1-3H3,(H,37,43)(H2,36,38,39,45). The number of rotatable bonds is 9. The molecule has 0 atom stereocenters. The molecule has 4 aromatic rings. The molecule has 11 nitrogen and oxygen atoms in total. The van der Waals surface area contributed by atoms with Crippen molar-refractivity contribution in [2.45, 2.75) is 39.3 Å². The van der Waals surface area contributed by atoms with Crippen molar-refractivity contribution >= 4 is 46.5 Å². The number of anilines is 2. The number of nitrogens with zero attached hydrogens (tertiary/aromatic N) is 4. The maximum Gasteiger partial charge on any atom is 0.323 e. The van der Waals surface area contributed by atoms with Crippen molar-refractivity contribution in [3.8, 4) is 28.1 Å². The second-order valence-corrected chi connectivity index (χ2v) is 11.7. The molecule has 3 amide bonds. The number of pyridine rings is 1. The number of carbonyl (C=O) groups excluding carboxylic acids is 2. The van der Waals surface area contributed by atoms with Gasteiger partial charge in [-0.2, -0.15) is 5.10 Å². The molecule has 46 heavy (non-hydrogen) atoms. The average Bonchev–Trinajstić information content (AvgIpc) is 3.05. The van der Waals surface area contributed by atoms with E-state index >= 15 is 0 Å². The Hall–Kier alpha value is -4.45. The first-order valence-electron chi connectivity index (χ1n) is 15.0. The minimum absolute atomic E-state index is 0.0160. The van der Waals surface area contributed by atoms with Crippen LogP contribution in [0.3, 0.4) is 0 Å². The molecule has 5 rings (SSSR count). The Morgan fingerprint density at radius 3 is 2.37 bits per heavy atom. The summed E-state index contributed by atoms with van der Waals surface area (Å²) in [6.45, 7) is 6.29. The van der Waals surface area contributed by atoms with Gasteiger partial charge in [-0.3, -0.25) is 14.6 Å². The highest BCUT2D eigenvalue weighted by atomic mass is 35.5.